The molecule has 2 nitrogen and oxygen atoms in total. The third-order valence-corrected chi connectivity index (χ3v) is 3.55. The Morgan fingerprint density at radius 3 is 2.05 bits per heavy atom. The van der Waals surface area contributed by atoms with Crippen LogP contribution in [0.4, 0.5) is 15.9 Å². The fourth-order valence-electron chi connectivity index (χ4n) is 2.33. The molecule has 1 aromatic rings. The van der Waals surface area contributed by atoms with Crippen LogP contribution in [0.2, 0.25) is 0 Å². The van der Waals surface area contributed by atoms with E-state index in [4.69, 9.17) is 0 Å². The van der Waals surface area contributed by atoms with Gasteiger partial charge in [-0.05, 0) is 43.9 Å². The molecule has 3 heteroatoms. The number of aryl methyl sites for hydroxylation is 2. The fourth-order valence-corrected chi connectivity index (χ4v) is 2.33. The van der Waals surface area contributed by atoms with E-state index < -0.39 is 0 Å². The van der Waals surface area contributed by atoms with Crippen molar-refractivity contribution in [2.75, 3.05) is 23.5 Å². The zero-order valence-corrected chi connectivity index (χ0v) is 12.7. The van der Waals surface area contributed by atoms with Crippen LogP contribution in [-0.2, 0) is 0 Å². The summed E-state index contributed by atoms with van der Waals surface area (Å²) in [5, 5.41) is 0. The molecule has 0 aliphatic carbocycles. The highest BCUT2D eigenvalue weighted by Gasteiger charge is 2.11. The zero-order valence-electron chi connectivity index (χ0n) is 12.7. The third-order valence-electron chi connectivity index (χ3n) is 3.55. The van der Waals surface area contributed by atoms with Gasteiger partial charge in [-0.15, -0.1) is 4.48 Å². The average molecular weight is 266 g/mol. The molecule has 19 heavy (non-hydrogen) atoms. The molecule has 1 rings (SSSR count). The lowest BCUT2D eigenvalue weighted by Gasteiger charge is -2.27. The number of nitrogens with one attached hydrogen (secondary N) is 1. The number of hydrogen-bond acceptors (Lipinski definition) is 2. The molecule has 0 aromatic heterocycles. The first kappa shape index (κ1) is 15.8. The van der Waals surface area contributed by atoms with Crippen LogP contribution in [0.3, 0.4) is 0 Å². The van der Waals surface area contributed by atoms with E-state index in [1.54, 1.807) is 5.54 Å². The molecular formula is C16H27FN2. The summed E-state index contributed by atoms with van der Waals surface area (Å²) in [4.78, 5) is 2.39. The molecule has 0 bridgehead atoms. The van der Waals surface area contributed by atoms with Gasteiger partial charge in [0.05, 0.1) is 5.69 Å². The summed E-state index contributed by atoms with van der Waals surface area (Å²) < 4.78 is 12.8. The van der Waals surface area contributed by atoms with E-state index in [0.29, 0.717) is 5.69 Å². The molecule has 108 valence electrons. The number of anilines is 2. The van der Waals surface area contributed by atoms with Crippen molar-refractivity contribution in [1.82, 2.24) is 0 Å². The SMILES string of the molecule is CCCCN(CCCC)c1cc(NF)c(C)cc1C. The first-order chi connectivity index (χ1) is 9.13. The standard InChI is InChI=1S/C16H27FN2/c1-5-7-9-19(10-8-6-2)16-12-15(18-17)13(3)11-14(16)4/h11-12,18H,5-10H2,1-4H3. The van der Waals surface area contributed by atoms with Gasteiger partial charge in [0.25, 0.3) is 0 Å². The van der Waals surface area contributed by atoms with Crippen molar-refractivity contribution in [1.29, 1.82) is 0 Å². The van der Waals surface area contributed by atoms with Crippen molar-refractivity contribution in [3.63, 3.8) is 0 Å². The second-order valence-corrected chi connectivity index (χ2v) is 5.24. The maximum absolute atomic E-state index is 12.8. The lowest BCUT2D eigenvalue weighted by molar-refractivity contribution is 0.616. The van der Waals surface area contributed by atoms with Gasteiger partial charge in [0.15, 0.2) is 0 Å². The smallest absolute Gasteiger partial charge is 0.0705 e. The number of unbranched alkanes of at least 4 members (excludes halogenated alkanes) is 2. The van der Waals surface area contributed by atoms with Crippen LogP contribution in [0.1, 0.15) is 50.7 Å². The largest absolute Gasteiger partial charge is 0.371 e. The summed E-state index contributed by atoms with van der Waals surface area (Å²) in [5.41, 5.74) is 5.72. The number of nitrogens with zero attached hydrogens (tertiary/aromatic N) is 1. The van der Waals surface area contributed by atoms with Gasteiger partial charge in [0, 0.05) is 18.8 Å². The van der Waals surface area contributed by atoms with Gasteiger partial charge in [0.2, 0.25) is 0 Å². The van der Waals surface area contributed by atoms with Crippen molar-refractivity contribution < 1.29 is 4.48 Å². The number of benzene rings is 1. The molecule has 0 spiro atoms. The molecule has 0 amide bonds. The van der Waals surface area contributed by atoms with E-state index >= 15 is 0 Å². The van der Waals surface area contributed by atoms with Crippen LogP contribution in [0.25, 0.3) is 0 Å². The minimum Gasteiger partial charge on any atom is -0.371 e. The molecule has 1 N–H and O–H groups in total. The topological polar surface area (TPSA) is 15.3 Å². The third kappa shape index (κ3) is 4.41. The Kier molecular flexibility index (Phi) is 6.68. The molecule has 0 fully saturated rings. The molecule has 0 saturated heterocycles. The van der Waals surface area contributed by atoms with E-state index in [1.807, 2.05) is 13.0 Å². The monoisotopic (exact) mass is 266 g/mol. The second kappa shape index (κ2) is 8.03. The van der Waals surface area contributed by atoms with Crippen LogP contribution in [-0.4, -0.2) is 13.1 Å². The van der Waals surface area contributed by atoms with Gasteiger partial charge in [-0.1, -0.05) is 32.8 Å². The van der Waals surface area contributed by atoms with Gasteiger partial charge >= 0.3 is 0 Å². The quantitative estimate of drug-likeness (QED) is 0.666. The zero-order chi connectivity index (χ0) is 14.3. The van der Waals surface area contributed by atoms with Gasteiger partial charge < -0.3 is 4.90 Å². The summed E-state index contributed by atoms with van der Waals surface area (Å²) in [6.07, 6.45) is 4.72. The molecule has 0 radical (unpaired) electrons. The summed E-state index contributed by atoms with van der Waals surface area (Å²) >= 11 is 0. The van der Waals surface area contributed by atoms with E-state index in [2.05, 4.69) is 31.7 Å². The van der Waals surface area contributed by atoms with Crippen molar-refractivity contribution >= 4 is 11.4 Å². The van der Waals surface area contributed by atoms with E-state index in [9.17, 15) is 4.48 Å². The van der Waals surface area contributed by atoms with Crippen LogP contribution >= 0.6 is 0 Å². The van der Waals surface area contributed by atoms with Crippen LogP contribution in [0.5, 0.6) is 0 Å². The summed E-state index contributed by atoms with van der Waals surface area (Å²) in [6, 6.07) is 4.00. The minimum absolute atomic E-state index is 0.582. The lowest BCUT2D eigenvalue weighted by Crippen LogP contribution is -2.26. The molecule has 1 aromatic carbocycles. The Morgan fingerprint density at radius 2 is 1.58 bits per heavy atom. The summed E-state index contributed by atoms with van der Waals surface area (Å²) in [6.45, 7) is 10.5. The van der Waals surface area contributed by atoms with Crippen molar-refractivity contribution in [2.24, 2.45) is 0 Å². The minimum atomic E-state index is 0.582. The predicted molar refractivity (Wildman–Crippen MR) is 82.7 cm³/mol. The molecule has 0 heterocycles. The van der Waals surface area contributed by atoms with Crippen LogP contribution in [0, 0.1) is 13.8 Å². The van der Waals surface area contributed by atoms with Gasteiger partial charge in [-0.3, -0.25) is 0 Å². The highest BCUT2D eigenvalue weighted by molar-refractivity contribution is 5.65. The Hall–Kier alpha value is -1.25. The summed E-state index contributed by atoms with van der Waals surface area (Å²) in [7, 11) is 0. The summed E-state index contributed by atoms with van der Waals surface area (Å²) in [5.74, 6) is 0. The fraction of sp³-hybridized carbons (Fsp3) is 0.625. The number of hydrogen-bond donors (Lipinski definition) is 1. The van der Waals surface area contributed by atoms with E-state index in [-0.39, 0.29) is 0 Å². The molecule has 0 unspecified atom stereocenters. The molecule has 0 saturated carbocycles. The van der Waals surface area contributed by atoms with Gasteiger partial charge in [0.1, 0.15) is 0 Å². The van der Waals surface area contributed by atoms with Crippen molar-refractivity contribution in [2.45, 2.75) is 53.4 Å². The number of halogens is 1. The van der Waals surface area contributed by atoms with Gasteiger partial charge in [-0.25, -0.2) is 5.54 Å². The maximum atomic E-state index is 12.8. The molecule has 0 aliphatic rings. The normalized spacial score (nSPS) is 10.6. The van der Waals surface area contributed by atoms with Crippen molar-refractivity contribution in [3.8, 4) is 0 Å². The first-order valence-corrected chi connectivity index (χ1v) is 7.36. The predicted octanol–water partition coefficient (Wildman–Crippen LogP) is 5.01. The highest BCUT2D eigenvalue weighted by atomic mass is 19.2. The average Bonchev–Trinajstić information content (AvgIpc) is 2.40. The van der Waals surface area contributed by atoms with Gasteiger partial charge in [-0.2, -0.15) is 0 Å². The highest BCUT2D eigenvalue weighted by Crippen LogP contribution is 2.28. The lowest BCUT2D eigenvalue weighted by atomic mass is 10.1. The first-order valence-electron chi connectivity index (χ1n) is 7.36. The van der Waals surface area contributed by atoms with E-state index in [1.165, 1.54) is 31.2 Å². The molecule has 0 atom stereocenters. The Morgan fingerprint density at radius 1 is 1.00 bits per heavy atom. The Labute approximate surface area is 116 Å². The maximum Gasteiger partial charge on any atom is 0.0705 e. The second-order valence-electron chi connectivity index (χ2n) is 5.24. The Balaban J connectivity index is 2.98. The van der Waals surface area contributed by atoms with Crippen LogP contribution in [0.15, 0.2) is 12.1 Å². The van der Waals surface area contributed by atoms with Crippen LogP contribution < -0.4 is 10.4 Å². The molecule has 0 aliphatic heterocycles. The number of rotatable bonds is 8. The van der Waals surface area contributed by atoms with E-state index in [0.717, 1.165) is 24.3 Å². The Bertz CT molecular complexity index is 383. The molecular weight excluding hydrogens is 239 g/mol. The van der Waals surface area contributed by atoms with Crippen molar-refractivity contribution in [3.05, 3.63) is 23.3 Å².